The Balaban J connectivity index is 1.74. The van der Waals surface area contributed by atoms with Gasteiger partial charge in [0.25, 0.3) is 5.91 Å². The Labute approximate surface area is 158 Å². The molecule has 1 aromatic carbocycles. The van der Waals surface area contributed by atoms with E-state index in [1.165, 1.54) is 16.9 Å². The summed E-state index contributed by atoms with van der Waals surface area (Å²) in [5, 5.41) is 5.55. The van der Waals surface area contributed by atoms with Crippen molar-refractivity contribution in [3.63, 3.8) is 0 Å². The van der Waals surface area contributed by atoms with Crippen molar-refractivity contribution in [2.75, 3.05) is 19.6 Å². The Morgan fingerprint density at radius 3 is 2.88 bits per heavy atom. The highest BCUT2D eigenvalue weighted by molar-refractivity contribution is 7.13. The lowest BCUT2D eigenvalue weighted by molar-refractivity contribution is -0.126. The number of amides is 2. The van der Waals surface area contributed by atoms with Crippen molar-refractivity contribution in [1.82, 2.24) is 15.2 Å². The molecule has 6 heteroatoms. The topological polar surface area (TPSA) is 62.3 Å². The summed E-state index contributed by atoms with van der Waals surface area (Å²) in [4.78, 5) is 31.3. The molecule has 2 aromatic rings. The first-order valence-electron chi connectivity index (χ1n) is 9.09. The molecular weight excluding hydrogens is 346 g/mol. The number of aromatic nitrogens is 1. The second-order valence-electron chi connectivity index (χ2n) is 6.84. The Bertz CT molecular complexity index is 815. The second kappa shape index (κ2) is 7.99. The van der Waals surface area contributed by atoms with Gasteiger partial charge in [0.15, 0.2) is 0 Å². The molecule has 1 atom stereocenters. The van der Waals surface area contributed by atoms with E-state index in [-0.39, 0.29) is 17.7 Å². The molecule has 1 aliphatic rings. The first-order chi connectivity index (χ1) is 12.5. The zero-order valence-electron chi connectivity index (χ0n) is 15.5. The van der Waals surface area contributed by atoms with Crippen molar-refractivity contribution in [2.24, 2.45) is 5.92 Å². The molecule has 2 heterocycles. The summed E-state index contributed by atoms with van der Waals surface area (Å²) >= 11 is 1.49. The number of benzene rings is 1. The molecule has 1 unspecified atom stereocenters. The van der Waals surface area contributed by atoms with Crippen LogP contribution in [0.3, 0.4) is 0 Å². The van der Waals surface area contributed by atoms with Crippen LogP contribution < -0.4 is 5.32 Å². The van der Waals surface area contributed by atoms with Gasteiger partial charge in [-0.2, -0.15) is 0 Å². The van der Waals surface area contributed by atoms with E-state index in [1.54, 1.807) is 4.90 Å². The average Bonchev–Trinajstić information content (AvgIpc) is 3.11. The molecule has 0 spiro atoms. The third-order valence-electron chi connectivity index (χ3n) is 4.77. The molecule has 3 rings (SSSR count). The van der Waals surface area contributed by atoms with E-state index in [0.29, 0.717) is 25.3 Å². The number of likely N-dealkylation sites (tertiary alicyclic amines) is 1. The number of rotatable bonds is 4. The maximum atomic E-state index is 12.8. The first-order valence-corrected chi connectivity index (χ1v) is 9.97. The predicted molar refractivity (Wildman–Crippen MR) is 104 cm³/mol. The van der Waals surface area contributed by atoms with Crippen LogP contribution in [0.15, 0.2) is 23.6 Å². The summed E-state index contributed by atoms with van der Waals surface area (Å²) in [6, 6.07) is 6.25. The number of hydrogen-bond donors (Lipinski definition) is 1. The third-order valence-corrected chi connectivity index (χ3v) is 5.64. The first kappa shape index (κ1) is 18.6. The van der Waals surface area contributed by atoms with E-state index in [4.69, 9.17) is 0 Å². The highest BCUT2D eigenvalue weighted by atomic mass is 32.1. The normalized spacial score (nSPS) is 17.2. The van der Waals surface area contributed by atoms with E-state index in [2.05, 4.69) is 42.3 Å². The van der Waals surface area contributed by atoms with Crippen molar-refractivity contribution in [2.45, 2.75) is 33.6 Å². The number of aryl methyl sites for hydroxylation is 2. The van der Waals surface area contributed by atoms with Crippen LogP contribution >= 0.6 is 11.3 Å². The molecule has 2 amide bonds. The monoisotopic (exact) mass is 371 g/mol. The molecule has 26 heavy (non-hydrogen) atoms. The molecule has 1 aromatic heterocycles. The van der Waals surface area contributed by atoms with E-state index in [0.717, 1.165) is 29.0 Å². The standard InChI is InChI=1S/C20H25N3O2S/c1-4-21-18(24)15-6-5-9-23(11-15)20(25)17-12-26-19(22-17)16-8-7-13(2)10-14(16)3/h7-8,10,12,15H,4-6,9,11H2,1-3H3,(H,21,24). The smallest absolute Gasteiger partial charge is 0.273 e. The number of thiazole rings is 1. The maximum Gasteiger partial charge on any atom is 0.273 e. The zero-order valence-corrected chi connectivity index (χ0v) is 16.4. The minimum Gasteiger partial charge on any atom is -0.356 e. The predicted octanol–water partition coefficient (Wildman–Crippen LogP) is 3.42. The lowest BCUT2D eigenvalue weighted by Crippen LogP contribution is -2.45. The SMILES string of the molecule is CCNC(=O)C1CCCN(C(=O)c2csc(-c3ccc(C)cc3C)n2)C1. The largest absolute Gasteiger partial charge is 0.356 e. The molecule has 5 nitrogen and oxygen atoms in total. The van der Waals surface area contributed by atoms with Gasteiger partial charge in [0.1, 0.15) is 10.7 Å². The fourth-order valence-electron chi connectivity index (χ4n) is 3.41. The number of piperidine rings is 1. The van der Waals surface area contributed by atoms with Crippen molar-refractivity contribution in [1.29, 1.82) is 0 Å². The average molecular weight is 372 g/mol. The molecule has 0 aliphatic carbocycles. The minimum atomic E-state index is -0.120. The van der Waals surface area contributed by atoms with Crippen LogP contribution in [0.4, 0.5) is 0 Å². The molecule has 1 saturated heterocycles. The van der Waals surface area contributed by atoms with Crippen LogP contribution in [0.2, 0.25) is 0 Å². The van der Waals surface area contributed by atoms with E-state index >= 15 is 0 Å². The number of carbonyl (C=O) groups is 2. The zero-order chi connectivity index (χ0) is 18.7. The van der Waals surface area contributed by atoms with Crippen molar-refractivity contribution < 1.29 is 9.59 Å². The quantitative estimate of drug-likeness (QED) is 0.896. The highest BCUT2D eigenvalue weighted by Gasteiger charge is 2.29. The Kier molecular flexibility index (Phi) is 5.71. The van der Waals surface area contributed by atoms with Gasteiger partial charge in [0, 0.05) is 30.6 Å². The van der Waals surface area contributed by atoms with Crippen LogP contribution in [0.1, 0.15) is 41.4 Å². The van der Waals surface area contributed by atoms with Gasteiger partial charge < -0.3 is 10.2 Å². The fourth-order valence-corrected chi connectivity index (χ4v) is 4.29. The van der Waals surface area contributed by atoms with E-state index in [9.17, 15) is 9.59 Å². The number of nitrogens with zero attached hydrogens (tertiary/aromatic N) is 2. The summed E-state index contributed by atoms with van der Waals surface area (Å²) in [5.41, 5.74) is 3.91. The number of nitrogens with one attached hydrogen (secondary N) is 1. The van der Waals surface area contributed by atoms with Gasteiger partial charge in [-0.05, 0) is 39.2 Å². The molecule has 1 fully saturated rings. The maximum absolute atomic E-state index is 12.8. The lowest BCUT2D eigenvalue weighted by Gasteiger charge is -2.31. The molecule has 0 bridgehead atoms. The fraction of sp³-hybridized carbons (Fsp3) is 0.450. The Hall–Kier alpha value is -2.21. The van der Waals surface area contributed by atoms with Gasteiger partial charge in [-0.1, -0.05) is 23.8 Å². The molecule has 1 N–H and O–H groups in total. The summed E-state index contributed by atoms with van der Waals surface area (Å²) < 4.78 is 0. The van der Waals surface area contributed by atoms with Gasteiger partial charge in [-0.15, -0.1) is 11.3 Å². The van der Waals surface area contributed by atoms with Crippen LogP contribution in [0.5, 0.6) is 0 Å². The second-order valence-corrected chi connectivity index (χ2v) is 7.70. The minimum absolute atomic E-state index is 0.0410. The molecular formula is C20H25N3O2S. The van der Waals surface area contributed by atoms with E-state index in [1.807, 2.05) is 12.3 Å². The number of carbonyl (C=O) groups excluding carboxylic acids is 2. The summed E-state index contributed by atoms with van der Waals surface area (Å²) in [5.74, 6) is -0.157. The Morgan fingerprint density at radius 1 is 1.35 bits per heavy atom. The van der Waals surface area contributed by atoms with Crippen molar-refractivity contribution >= 4 is 23.2 Å². The third kappa shape index (κ3) is 3.96. The molecule has 138 valence electrons. The van der Waals surface area contributed by atoms with Gasteiger partial charge in [0.05, 0.1) is 5.92 Å². The molecule has 0 radical (unpaired) electrons. The number of hydrogen-bond acceptors (Lipinski definition) is 4. The van der Waals surface area contributed by atoms with Crippen LogP contribution in [0.25, 0.3) is 10.6 Å². The van der Waals surface area contributed by atoms with Crippen LogP contribution in [-0.4, -0.2) is 41.3 Å². The molecule has 0 saturated carbocycles. The van der Waals surface area contributed by atoms with Gasteiger partial charge in [-0.3, -0.25) is 9.59 Å². The van der Waals surface area contributed by atoms with Gasteiger partial charge in [0.2, 0.25) is 5.91 Å². The lowest BCUT2D eigenvalue weighted by atomic mass is 9.97. The van der Waals surface area contributed by atoms with Gasteiger partial charge in [-0.25, -0.2) is 4.98 Å². The Morgan fingerprint density at radius 2 is 2.15 bits per heavy atom. The van der Waals surface area contributed by atoms with Gasteiger partial charge >= 0.3 is 0 Å². The summed E-state index contributed by atoms with van der Waals surface area (Å²) in [6.45, 7) is 7.82. The van der Waals surface area contributed by atoms with Crippen molar-refractivity contribution in [3.8, 4) is 10.6 Å². The van der Waals surface area contributed by atoms with Crippen LogP contribution in [0, 0.1) is 19.8 Å². The summed E-state index contributed by atoms with van der Waals surface area (Å²) in [6.07, 6.45) is 1.68. The van der Waals surface area contributed by atoms with Crippen LogP contribution in [-0.2, 0) is 4.79 Å². The van der Waals surface area contributed by atoms with Crippen molar-refractivity contribution in [3.05, 3.63) is 40.4 Å². The highest BCUT2D eigenvalue weighted by Crippen LogP contribution is 2.28. The van der Waals surface area contributed by atoms with E-state index < -0.39 is 0 Å². The molecule has 1 aliphatic heterocycles. The summed E-state index contributed by atoms with van der Waals surface area (Å²) in [7, 11) is 0.